The largest absolute Gasteiger partial charge is 0.492 e. The van der Waals surface area contributed by atoms with Crippen LogP contribution in [0.1, 0.15) is 22.8 Å². The van der Waals surface area contributed by atoms with Crippen molar-refractivity contribution in [3.05, 3.63) is 76.2 Å². The van der Waals surface area contributed by atoms with Crippen molar-refractivity contribution in [2.45, 2.75) is 25.4 Å². The van der Waals surface area contributed by atoms with Gasteiger partial charge in [0.05, 0.1) is 18.2 Å². The first-order valence-corrected chi connectivity index (χ1v) is 7.68. The number of para-hydroxylation sites is 1. The third-order valence-corrected chi connectivity index (χ3v) is 3.68. The third kappa shape index (κ3) is 4.84. The SMILES string of the molecule is CC(=O)c1ccccc1OC[C@@H](N=[N+]=[N-])[C@@H](N)Cc1ccccc1. The van der Waals surface area contributed by atoms with E-state index < -0.39 is 6.04 Å². The van der Waals surface area contributed by atoms with Gasteiger partial charge in [-0.1, -0.05) is 47.6 Å². The highest BCUT2D eigenvalue weighted by Crippen LogP contribution is 2.19. The van der Waals surface area contributed by atoms with E-state index in [4.69, 9.17) is 16.0 Å². The normalized spacial score (nSPS) is 12.8. The molecule has 2 N–H and O–H groups in total. The average molecular weight is 324 g/mol. The van der Waals surface area contributed by atoms with Gasteiger partial charge in [-0.05, 0) is 36.6 Å². The Kier molecular flexibility index (Phi) is 6.37. The van der Waals surface area contributed by atoms with Crippen LogP contribution in [0.5, 0.6) is 5.75 Å². The second kappa shape index (κ2) is 8.72. The first-order valence-electron chi connectivity index (χ1n) is 7.68. The Bertz CT molecular complexity index is 727. The summed E-state index contributed by atoms with van der Waals surface area (Å²) in [6.45, 7) is 1.59. The molecule has 2 rings (SSSR count). The summed E-state index contributed by atoms with van der Waals surface area (Å²) >= 11 is 0. The number of nitrogens with two attached hydrogens (primary N) is 1. The van der Waals surface area contributed by atoms with Gasteiger partial charge in [-0.25, -0.2) is 0 Å². The van der Waals surface area contributed by atoms with Crippen LogP contribution in [-0.2, 0) is 6.42 Å². The monoisotopic (exact) mass is 324 g/mol. The molecular weight excluding hydrogens is 304 g/mol. The fraction of sp³-hybridized carbons (Fsp3) is 0.278. The summed E-state index contributed by atoms with van der Waals surface area (Å²) in [5, 5.41) is 3.76. The lowest BCUT2D eigenvalue weighted by molar-refractivity contribution is 0.101. The van der Waals surface area contributed by atoms with Crippen LogP contribution in [0.4, 0.5) is 0 Å². The van der Waals surface area contributed by atoms with E-state index in [2.05, 4.69) is 10.0 Å². The van der Waals surface area contributed by atoms with Crippen molar-refractivity contribution in [1.29, 1.82) is 0 Å². The van der Waals surface area contributed by atoms with Crippen molar-refractivity contribution in [1.82, 2.24) is 0 Å². The fourth-order valence-electron chi connectivity index (χ4n) is 2.39. The van der Waals surface area contributed by atoms with Gasteiger partial charge in [0.15, 0.2) is 5.78 Å². The summed E-state index contributed by atoms with van der Waals surface area (Å²) in [5.74, 6) is 0.384. The van der Waals surface area contributed by atoms with Gasteiger partial charge in [-0.2, -0.15) is 0 Å². The van der Waals surface area contributed by atoms with Gasteiger partial charge in [-0.3, -0.25) is 4.79 Å². The Morgan fingerprint density at radius 2 is 1.88 bits per heavy atom. The van der Waals surface area contributed by atoms with Gasteiger partial charge in [0, 0.05) is 11.0 Å². The average Bonchev–Trinajstić information content (AvgIpc) is 2.59. The summed E-state index contributed by atoms with van der Waals surface area (Å²) in [7, 11) is 0. The molecule has 0 aliphatic heterocycles. The first kappa shape index (κ1) is 17.5. The Hall–Kier alpha value is -2.82. The molecule has 0 radical (unpaired) electrons. The van der Waals surface area contributed by atoms with Gasteiger partial charge in [0.1, 0.15) is 5.75 Å². The van der Waals surface area contributed by atoms with Crippen LogP contribution in [0.25, 0.3) is 10.4 Å². The van der Waals surface area contributed by atoms with E-state index in [9.17, 15) is 4.79 Å². The molecular formula is C18H20N4O2. The smallest absolute Gasteiger partial charge is 0.163 e. The van der Waals surface area contributed by atoms with Crippen molar-refractivity contribution in [3.63, 3.8) is 0 Å². The standard InChI is InChI=1S/C18H20N4O2/c1-13(23)15-9-5-6-10-18(15)24-12-17(21-22-20)16(19)11-14-7-3-2-4-8-14/h2-10,16-17H,11-12,19H2,1H3/t16-,17+/m0/s1. The topological polar surface area (TPSA) is 101 Å². The highest BCUT2D eigenvalue weighted by molar-refractivity contribution is 5.96. The second-order valence-corrected chi connectivity index (χ2v) is 5.49. The lowest BCUT2D eigenvalue weighted by Gasteiger charge is -2.20. The summed E-state index contributed by atoms with van der Waals surface area (Å²) in [5.41, 5.74) is 16.5. The minimum atomic E-state index is -0.532. The number of nitrogens with zero attached hydrogens (tertiary/aromatic N) is 3. The number of hydrogen-bond acceptors (Lipinski definition) is 4. The minimum absolute atomic E-state index is 0.0838. The molecule has 2 aromatic carbocycles. The number of carbonyl (C=O) groups excluding carboxylic acids is 1. The van der Waals surface area contributed by atoms with E-state index >= 15 is 0 Å². The summed E-state index contributed by atoms with van der Waals surface area (Å²) in [6, 6.07) is 15.8. The number of ketones is 1. The van der Waals surface area contributed by atoms with Crippen LogP contribution < -0.4 is 10.5 Å². The zero-order valence-electron chi connectivity index (χ0n) is 13.5. The maximum atomic E-state index is 11.6. The molecule has 2 atom stereocenters. The van der Waals surface area contributed by atoms with Crippen LogP contribution in [0.2, 0.25) is 0 Å². The molecule has 0 saturated carbocycles. The van der Waals surface area contributed by atoms with Gasteiger partial charge >= 0.3 is 0 Å². The van der Waals surface area contributed by atoms with E-state index in [0.717, 1.165) is 5.56 Å². The molecule has 0 amide bonds. The van der Waals surface area contributed by atoms with Gasteiger partial charge < -0.3 is 10.5 Å². The Balaban J connectivity index is 2.06. The number of carbonyl (C=O) groups is 1. The predicted molar refractivity (Wildman–Crippen MR) is 93.0 cm³/mol. The van der Waals surface area contributed by atoms with E-state index in [0.29, 0.717) is 17.7 Å². The van der Waals surface area contributed by atoms with E-state index in [1.54, 1.807) is 24.3 Å². The molecule has 0 fully saturated rings. The molecule has 0 aliphatic rings. The van der Waals surface area contributed by atoms with Crippen LogP contribution in [0, 0.1) is 0 Å². The molecule has 6 heteroatoms. The fourth-order valence-corrected chi connectivity index (χ4v) is 2.39. The molecule has 2 aromatic rings. The molecule has 24 heavy (non-hydrogen) atoms. The van der Waals surface area contributed by atoms with Crippen molar-refractivity contribution < 1.29 is 9.53 Å². The van der Waals surface area contributed by atoms with Crippen LogP contribution >= 0.6 is 0 Å². The maximum Gasteiger partial charge on any atom is 0.163 e. The van der Waals surface area contributed by atoms with E-state index in [-0.39, 0.29) is 18.4 Å². The maximum absolute atomic E-state index is 11.6. The van der Waals surface area contributed by atoms with Crippen LogP contribution in [0.3, 0.4) is 0 Å². The lowest BCUT2D eigenvalue weighted by Crippen LogP contribution is -2.39. The van der Waals surface area contributed by atoms with Crippen LogP contribution in [-0.4, -0.2) is 24.5 Å². The lowest BCUT2D eigenvalue weighted by atomic mass is 10.0. The van der Waals surface area contributed by atoms with Gasteiger partial charge in [-0.15, -0.1) is 0 Å². The second-order valence-electron chi connectivity index (χ2n) is 5.49. The predicted octanol–water partition coefficient (Wildman–Crippen LogP) is 3.52. The minimum Gasteiger partial charge on any atom is -0.492 e. The Morgan fingerprint density at radius 3 is 2.54 bits per heavy atom. The molecule has 0 aromatic heterocycles. The zero-order chi connectivity index (χ0) is 17.4. The molecule has 0 spiro atoms. The Morgan fingerprint density at radius 1 is 1.21 bits per heavy atom. The molecule has 0 heterocycles. The molecule has 0 aliphatic carbocycles. The summed E-state index contributed by atoms with van der Waals surface area (Å²) in [6.07, 6.45) is 0.572. The summed E-state index contributed by atoms with van der Waals surface area (Å²) in [4.78, 5) is 14.5. The third-order valence-electron chi connectivity index (χ3n) is 3.68. The first-order chi connectivity index (χ1) is 11.6. The molecule has 0 bridgehead atoms. The number of hydrogen-bond donors (Lipinski definition) is 1. The molecule has 0 saturated heterocycles. The zero-order valence-corrected chi connectivity index (χ0v) is 13.5. The number of ether oxygens (including phenoxy) is 1. The van der Waals surface area contributed by atoms with E-state index in [1.807, 2.05) is 30.3 Å². The van der Waals surface area contributed by atoms with E-state index in [1.165, 1.54) is 6.92 Å². The Labute approximate surface area is 140 Å². The molecule has 0 unspecified atom stereocenters. The highest BCUT2D eigenvalue weighted by Gasteiger charge is 2.19. The number of azide groups is 1. The highest BCUT2D eigenvalue weighted by atomic mass is 16.5. The molecule has 6 nitrogen and oxygen atoms in total. The number of Topliss-reactive ketones (excluding diaryl/α,β-unsaturated/α-hetero) is 1. The van der Waals surface area contributed by atoms with Gasteiger partial charge in [0.25, 0.3) is 0 Å². The van der Waals surface area contributed by atoms with Crippen molar-refractivity contribution in [2.75, 3.05) is 6.61 Å². The number of rotatable bonds is 8. The quantitative estimate of drug-likeness (QED) is 0.348. The summed E-state index contributed by atoms with van der Waals surface area (Å²) < 4.78 is 5.71. The van der Waals surface area contributed by atoms with Crippen molar-refractivity contribution >= 4 is 5.78 Å². The molecule has 124 valence electrons. The van der Waals surface area contributed by atoms with Gasteiger partial charge in [0.2, 0.25) is 0 Å². The van der Waals surface area contributed by atoms with Crippen molar-refractivity contribution in [3.8, 4) is 5.75 Å². The number of benzene rings is 2. The van der Waals surface area contributed by atoms with Crippen molar-refractivity contribution in [2.24, 2.45) is 10.8 Å². The van der Waals surface area contributed by atoms with Crippen LogP contribution in [0.15, 0.2) is 59.7 Å².